The fourth-order valence-corrected chi connectivity index (χ4v) is 3.24. The van der Waals surface area contributed by atoms with Crippen molar-refractivity contribution >= 4 is 11.3 Å². The van der Waals surface area contributed by atoms with E-state index in [0.29, 0.717) is 6.54 Å². The smallest absolute Gasteiger partial charge is 0.307 e. The zero-order chi connectivity index (χ0) is 11.0. The van der Waals surface area contributed by atoms with E-state index in [4.69, 9.17) is 4.52 Å². The first kappa shape index (κ1) is 9.84. The molecule has 2 aromatic rings. The molecule has 3 rings (SSSR count). The predicted molar refractivity (Wildman–Crippen MR) is 60.8 cm³/mol. The second-order valence-corrected chi connectivity index (χ2v) is 5.07. The summed E-state index contributed by atoms with van der Waals surface area (Å²) in [7, 11) is 0. The fraction of sp³-hybridized carbons (Fsp3) is 0.455. The van der Waals surface area contributed by atoms with Crippen molar-refractivity contribution in [3.8, 4) is 0 Å². The molecule has 0 unspecified atom stereocenters. The lowest BCUT2D eigenvalue weighted by Crippen LogP contribution is -2.18. The Bertz CT molecular complexity index is 539. The van der Waals surface area contributed by atoms with Crippen LogP contribution < -0.4 is 4.87 Å². The SMILES string of the molecule is O=c1sc2c(n1Cc1ccon1)CCCC2. The van der Waals surface area contributed by atoms with Crippen LogP contribution in [0.2, 0.25) is 0 Å². The first-order valence-electron chi connectivity index (χ1n) is 5.45. The van der Waals surface area contributed by atoms with Crippen molar-refractivity contribution in [2.75, 3.05) is 0 Å². The van der Waals surface area contributed by atoms with Gasteiger partial charge in [-0.25, -0.2) is 0 Å². The lowest BCUT2D eigenvalue weighted by molar-refractivity contribution is 0.408. The molecular weight excluding hydrogens is 224 g/mol. The number of aromatic nitrogens is 2. The molecule has 0 saturated heterocycles. The summed E-state index contributed by atoms with van der Waals surface area (Å²) in [4.78, 5) is 13.3. The Labute approximate surface area is 96.5 Å². The molecule has 0 amide bonds. The molecule has 0 bridgehead atoms. The molecule has 0 aliphatic heterocycles. The average Bonchev–Trinajstić information content (AvgIpc) is 2.89. The third-order valence-corrected chi connectivity index (χ3v) is 4.04. The quantitative estimate of drug-likeness (QED) is 0.799. The summed E-state index contributed by atoms with van der Waals surface area (Å²) in [6.07, 6.45) is 6.01. The topological polar surface area (TPSA) is 48.0 Å². The third kappa shape index (κ3) is 1.61. The van der Waals surface area contributed by atoms with E-state index in [1.165, 1.54) is 34.7 Å². The van der Waals surface area contributed by atoms with Gasteiger partial charge in [0.1, 0.15) is 12.0 Å². The largest absolute Gasteiger partial charge is 0.364 e. The summed E-state index contributed by atoms with van der Waals surface area (Å²) >= 11 is 1.39. The maximum absolute atomic E-state index is 11.9. The Morgan fingerprint density at radius 3 is 3.12 bits per heavy atom. The predicted octanol–water partition coefficient (Wildman–Crippen LogP) is 1.82. The van der Waals surface area contributed by atoms with E-state index in [2.05, 4.69) is 5.16 Å². The van der Waals surface area contributed by atoms with Crippen LogP contribution in [0, 0.1) is 0 Å². The molecule has 0 saturated carbocycles. The fourth-order valence-electron chi connectivity index (χ4n) is 2.17. The first-order chi connectivity index (χ1) is 7.84. The number of hydrogen-bond donors (Lipinski definition) is 0. The molecule has 0 N–H and O–H groups in total. The maximum Gasteiger partial charge on any atom is 0.307 e. The summed E-state index contributed by atoms with van der Waals surface area (Å²) in [5.41, 5.74) is 2.03. The molecule has 1 aliphatic carbocycles. The minimum atomic E-state index is 0.134. The van der Waals surface area contributed by atoms with E-state index in [1.54, 1.807) is 12.3 Å². The molecule has 4 nitrogen and oxygen atoms in total. The van der Waals surface area contributed by atoms with Gasteiger partial charge in [0.2, 0.25) is 0 Å². The average molecular weight is 236 g/mol. The van der Waals surface area contributed by atoms with Gasteiger partial charge >= 0.3 is 4.87 Å². The van der Waals surface area contributed by atoms with Gasteiger partial charge in [-0.3, -0.25) is 9.36 Å². The second-order valence-electron chi connectivity index (χ2n) is 4.02. The normalized spacial score (nSPS) is 15.0. The van der Waals surface area contributed by atoms with Crippen LogP contribution in [0.1, 0.15) is 29.1 Å². The molecule has 1 aliphatic rings. The Hall–Kier alpha value is -1.36. The maximum atomic E-state index is 11.9. The number of hydrogen-bond acceptors (Lipinski definition) is 4. The van der Waals surface area contributed by atoms with Gasteiger partial charge < -0.3 is 4.52 Å². The Morgan fingerprint density at radius 2 is 2.31 bits per heavy atom. The summed E-state index contributed by atoms with van der Waals surface area (Å²) < 4.78 is 6.63. The number of rotatable bonds is 2. The molecule has 0 spiro atoms. The second kappa shape index (κ2) is 3.90. The number of thiazole rings is 1. The first-order valence-corrected chi connectivity index (χ1v) is 6.27. The van der Waals surface area contributed by atoms with Crippen LogP contribution in [-0.4, -0.2) is 9.72 Å². The van der Waals surface area contributed by atoms with Gasteiger partial charge in [-0.1, -0.05) is 16.5 Å². The van der Waals surface area contributed by atoms with Crippen LogP contribution in [0.4, 0.5) is 0 Å². The zero-order valence-corrected chi connectivity index (χ0v) is 9.63. The molecule has 0 aromatic carbocycles. The standard InChI is InChI=1S/C11H12N2O2S/c14-11-13(7-8-5-6-15-12-8)9-3-1-2-4-10(9)16-11/h5-6H,1-4,7H2. The summed E-state index contributed by atoms with van der Waals surface area (Å²) in [5, 5.41) is 3.85. The van der Waals surface area contributed by atoms with Crippen molar-refractivity contribution in [3.63, 3.8) is 0 Å². The zero-order valence-electron chi connectivity index (χ0n) is 8.81. The Balaban J connectivity index is 2.00. The lowest BCUT2D eigenvalue weighted by atomic mass is 10.0. The van der Waals surface area contributed by atoms with Crippen LogP contribution in [0.25, 0.3) is 0 Å². The summed E-state index contributed by atoms with van der Waals surface area (Å²) in [6, 6.07) is 1.80. The number of fused-ring (bicyclic) bond motifs is 1. The van der Waals surface area contributed by atoms with Crippen molar-refractivity contribution in [1.29, 1.82) is 0 Å². The van der Waals surface area contributed by atoms with Crippen molar-refractivity contribution in [2.24, 2.45) is 0 Å². The van der Waals surface area contributed by atoms with Crippen LogP contribution in [0.3, 0.4) is 0 Å². The van der Waals surface area contributed by atoms with Crippen molar-refractivity contribution in [2.45, 2.75) is 32.2 Å². The highest BCUT2D eigenvalue weighted by Crippen LogP contribution is 2.23. The molecule has 5 heteroatoms. The van der Waals surface area contributed by atoms with Crippen LogP contribution in [0.15, 0.2) is 21.6 Å². The molecule has 0 atom stereocenters. The van der Waals surface area contributed by atoms with Gasteiger partial charge in [-0.15, -0.1) is 0 Å². The highest BCUT2D eigenvalue weighted by molar-refractivity contribution is 7.09. The van der Waals surface area contributed by atoms with Crippen molar-refractivity contribution < 1.29 is 4.52 Å². The van der Waals surface area contributed by atoms with Gasteiger partial charge in [0.05, 0.1) is 6.54 Å². The third-order valence-electron chi connectivity index (χ3n) is 2.96. The molecule has 0 radical (unpaired) electrons. The van der Waals surface area contributed by atoms with E-state index >= 15 is 0 Å². The highest BCUT2D eigenvalue weighted by Gasteiger charge is 2.18. The Kier molecular flexibility index (Phi) is 2.40. The van der Waals surface area contributed by atoms with Gasteiger partial charge in [0, 0.05) is 16.6 Å². The Morgan fingerprint density at radius 1 is 1.44 bits per heavy atom. The molecule has 16 heavy (non-hydrogen) atoms. The van der Waals surface area contributed by atoms with Crippen molar-refractivity contribution in [3.05, 3.63) is 38.3 Å². The van der Waals surface area contributed by atoms with Crippen LogP contribution >= 0.6 is 11.3 Å². The lowest BCUT2D eigenvalue weighted by Gasteiger charge is -2.12. The van der Waals surface area contributed by atoms with Gasteiger partial charge in [0.15, 0.2) is 0 Å². The molecule has 84 valence electrons. The highest BCUT2D eigenvalue weighted by atomic mass is 32.1. The van der Waals surface area contributed by atoms with E-state index < -0.39 is 0 Å². The molecule has 2 aromatic heterocycles. The minimum Gasteiger partial charge on any atom is -0.364 e. The van der Waals surface area contributed by atoms with Crippen molar-refractivity contribution in [1.82, 2.24) is 9.72 Å². The monoisotopic (exact) mass is 236 g/mol. The molecule has 2 heterocycles. The van der Waals surface area contributed by atoms with Gasteiger partial charge in [0.25, 0.3) is 0 Å². The van der Waals surface area contributed by atoms with E-state index in [1.807, 2.05) is 4.57 Å². The van der Waals surface area contributed by atoms with Gasteiger partial charge in [-0.2, -0.15) is 0 Å². The minimum absolute atomic E-state index is 0.134. The molecule has 0 fully saturated rings. The number of nitrogens with zero attached hydrogens (tertiary/aromatic N) is 2. The summed E-state index contributed by atoms with van der Waals surface area (Å²) in [5.74, 6) is 0. The van der Waals surface area contributed by atoms with Gasteiger partial charge in [-0.05, 0) is 25.7 Å². The summed E-state index contributed by atoms with van der Waals surface area (Å²) in [6.45, 7) is 0.543. The molecular formula is C11H12N2O2S. The van der Waals surface area contributed by atoms with Crippen LogP contribution in [0.5, 0.6) is 0 Å². The number of aryl methyl sites for hydroxylation is 1. The van der Waals surface area contributed by atoms with Crippen LogP contribution in [-0.2, 0) is 19.4 Å². The van der Waals surface area contributed by atoms with E-state index in [9.17, 15) is 4.79 Å². The van der Waals surface area contributed by atoms with E-state index in [0.717, 1.165) is 18.5 Å². The van der Waals surface area contributed by atoms with E-state index in [-0.39, 0.29) is 4.87 Å².